The van der Waals surface area contributed by atoms with Gasteiger partial charge in [-0.2, -0.15) is 0 Å². The molecule has 0 radical (unpaired) electrons. The number of epoxide rings is 3. The summed E-state index contributed by atoms with van der Waals surface area (Å²) in [5.41, 5.74) is 11.1. The van der Waals surface area contributed by atoms with Crippen molar-refractivity contribution >= 4 is 5.69 Å². The number of anilines is 1. The summed E-state index contributed by atoms with van der Waals surface area (Å²) in [6.07, 6.45) is 3.33. The molecule has 0 aliphatic carbocycles. The zero-order valence-electron chi connectivity index (χ0n) is 12.2. The fourth-order valence-corrected chi connectivity index (χ4v) is 3.06. The molecule has 0 spiro atoms. The van der Waals surface area contributed by atoms with Crippen molar-refractivity contribution in [3.05, 3.63) is 22.3 Å². The maximum absolute atomic E-state index is 10.4. The van der Waals surface area contributed by atoms with Crippen LogP contribution in [0.1, 0.15) is 22.3 Å². The molecule has 5 nitrogen and oxygen atoms in total. The molecule has 0 aromatic heterocycles. The highest BCUT2D eigenvalue weighted by atomic mass is 16.6. The molecular formula is C16H21NO4. The number of aromatic hydroxyl groups is 1. The van der Waals surface area contributed by atoms with Gasteiger partial charge < -0.3 is 25.1 Å². The number of hydrogen-bond donors (Lipinski definition) is 2. The van der Waals surface area contributed by atoms with Crippen molar-refractivity contribution in [1.29, 1.82) is 0 Å². The summed E-state index contributed by atoms with van der Waals surface area (Å²) in [4.78, 5) is 0. The number of hydrogen-bond acceptors (Lipinski definition) is 5. The summed E-state index contributed by atoms with van der Waals surface area (Å²) < 4.78 is 16.1. The second-order valence-corrected chi connectivity index (χ2v) is 6.30. The van der Waals surface area contributed by atoms with Crippen molar-refractivity contribution in [1.82, 2.24) is 0 Å². The summed E-state index contributed by atoms with van der Waals surface area (Å²) in [5.74, 6) is 0.224. The third-order valence-electron chi connectivity index (χ3n) is 4.62. The summed E-state index contributed by atoms with van der Waals surface area (Å²) in [7, 11) is 0. The molecule has 3 aliphatic heterocycles. The Morgan fingerprint density at radius 1 is 0.905 bits per heavy atom. The third kappa shape index (κ3) is 2.73. The van der Waals surface area contributed by atoms with Gasteiger partial charge in [0.05, 0.1) is 43.8 Å². The minimum Gasteiger partial charge on any atom is -0.505 e. The van der Waals surface area contributed by atoms with E-state index in [0.717, 1.165) is 50.2 Å². The van der Waals surface area contributed by atoms with Crippen LogP contribution in [0.2, 0.25) is 0 Å². The highest BCUT2D eigenvalue weighted by Crippen LogP contribution is 2.40. The molecule has 0 bridgehead atoms. The van der Waals surface area contributed by atoms with Crippen molar-refractivity contribution in [3.63, 3.8) is 0 Å². The van der Waals surface area contributed by atoms with Gasteiger partial charge in [0, 0.05) is 19.3 Å². The third-order valence-corrected chi connectivity index (χ3v) is 4.62. The highest BCUT2D eigenvalue weighted by Gasteiger charge is 2.33. The van der Waals surface area contributed by atoms with Gasteiger partial charge in [-0.25, -0.2) is 0 Å². The second kappa shape index (κ2) is 4.87. The first-order chi connectivity index (χ1) is 10.1. The van der Waals surface area contributed by atoms with Crippen molar-refractivity contribution in [2.75, 3.05) is 25.6 Å². The Bertz CT molecular complexity index is 533. The van der Waals surface area contributed by atoms with Crippen molar-refractivity contribution in [2.45, 2.75) is 44.5 Å². The average molecular weight is 291 g/mol. The Morgan fingerprint density at radius 3 is 1.81 bits per heavy atom. The van der Waals surface area contributed by atoms with E-state index in [4.69, 9.17) is 19.9 Å². The Balaban J connectivity index is 1.78. The van der Waals surface area contributed by atoms with Crippen LogP contribution in [-0.2, 0) is 33.5 Å². The van der Waals surface area contributed by atoms with Gasteiger partial charge >= 0.3 is 0 Å². The van der Waals surface area contributed by atoms with Crippen LogP contribution in [0.5, 0.6) is 5.75 Å². The lowest BCUT2D eigenvalue weighted by Crippen LogP contribution is -2.13. The second-order valence-electron chi connectivity index (χ2n) is 6.30. The van der Waals surface area contributed by atoms with Crippen molar-refractivity contribution in [3.8, 4) is 5.75 Å². The van der Waals surface area contributed by atoms with E-state index in [0.29, 0.717) is 11.8 Å². The first-order valence-electron chi connectivity index (χ1n) is 7.60. The molecule has 3 heterocycles. The van der Waals surface area contributed by atoms with Crippen LogP contribution in [-0.4, -0.2) is 43.2 Å². The molecule has 0 saturated carbocycles. The fraction of sp³-hybridized carbons (Fsp3) is 0.625. The molecule has 1 aromatic rings. The van der Waals surface area contributed by atoms with E-state index in [1.807, 2.05) is 6.92 Å². The molecule has 3 fully saturated rings. The highest BCUT2D eigenvalue weighted by molar-refractivity contribution is 5.67. The van der Waals surface area contributed by atoms with E-state index in [1.165, 1.54) is 11.1 Å². The van der Waals surface area contributed by atoms with Crippen molar-refractivity contribution in [2.24, 2.45) is 0 Å². The van der Waals surface area contributed by atoms with Gasteiger partial charge in [-0.1, -0.05) is 0 Å². The van der Waals surface area contributed by atoms with E-state index < -0.39 is 0 Å². The Kier molecular flexibility index (Phi) is 3.10. The van der Waals surface area contributed by atoms with Gasteiger partial charge in [0.15, 0.2) is 0 Å². The van der Waals surface area contributed by atoms with Crippen LogP contribution < -0.4 is 5.73 Å². The zero-order valence-corrected chi connectivity index (χ0v) is 12.2. The van der Waals surface area contributed by atoms with Crippen LogP contribution >= 0.6 is 0 Å². The molecule has 21 heavy (non-hydrogen) atoms. The van der Waals surface area contributed by atoms with Crippen LogP contribution in [0.25, 0.3) is 0 Å². The monoisotopic (exact) mass is 291 g/mol. The molecule has 3 N–H and O–H groups in total. The maximum atomic E-state index is 10.4. The molecule has 3 aliphatic rings. The molecule has 114 valence electrons. The van der Waals surface area contributed by atoms with E-state index in [9.17, 15) is 5.11 Å². The molecule has 3 saturated heterocycles. The Labute approximate surface area is 124 Å². The van der Waals surface area contributed by atoms with E-state index in [-0.39, 0.29) is 18.0 Å². The lowest BCUT2D eigenvalue weighted by atomic mass is 9.87. The Morgan fingerprint density at radius 2 is 1.33 bits per heavy atom. The SMILES string of the molecule is Cc1c(O)c(N)c(CC2CO2)c(CC2CO2)c1CC1CO1. The van der Waals surface area contributed by atoms with E-state index >= 15 is 0 Å². The molecule has 1 aromatic carbocycles. The summed E-state index contributed by atoms with van der Waals surface area (Å²) >= 11 is 0. The number of nitrogens with two attached hydrogens (primary N) is 1. The lowest BCUT2D eigenvalue weighted by molar-refractivity contribution is 0.396. The van der Waals surface area contributed by atoms with Gasteiger partial charge in [-0.3, -0.25) is 0 Å². The Hall–Kier alpha value is -1.30. The normalized spacial score (nSPS) is 29.5. The molecule has 3 atom stereocenters. The van der Waals surface area contributed by atoms with E-state index in [2.05, 4.69) is 0 Å². The number of phenolic OH excluding ortho intramolecular Hbond substituents is 1. The van der Waals surface area contributed by atoms with Crippen LogP contribution in [0.15, 0.2) is 0 Å². The van der Waals surface area contributed by atoms with Gasteiger partial charge in [0.1, 0.15) is 5.75 Å². The largest absolute Gasteiger partial charge is 0.505 e. The first kappa shape index (κ1) is 13.4. The fourth-order valence-electron chi connectivity index (χ4n) is 3.06. The standard InChI is InChI=1S/C16H21NO4/c1-8-12(2-9-5-19-9)13(3-10-6-20-10)14(4-11-7-21-11)15(17)16(8)18/h9-11,18H,2-7,17H2,1H3. The predicted octanol–water partition coefficient (Wildman–Crippen LogP) is 1.11. The number of benzene rings is 1. The van der Waals surface area contributed by atoms with Gasteiger partial charge in [-0.15, -0.1) is 0 Å². The molecule has 3 unspecified atom stereocenters. The van der Waals surface area contributed by atoms with Crippen LogP contribution in [0.4, 0.5) is 5.69 Å². The zero-order chi connectivity index (χ0) is 14.6. The topological polar surface area (TPSA) is 83.8 Å². The maximum Gasteiger partial charge on any atom is 0.141 e. The summed E-state index contributed by atoms with van der Waals surface area (Å²) in [6, 6.07) is 0. The quantitative estimate of drug-likeness (QED) is 0.466. The predicted molar refractivity (Wildman–Crippen MR) is 77.6 cm³/mol. The molecule has 4 rings (SSSR count). The van der Waals surface area contributed by atoms with Crippen LogP contribution in [0.3, 0.4) is 0 Å². The van der Waals surface area contributed by atoms with Gasteiger partial charge in [-0.05, 0) is 29.2 Å². The summed E-state index contributed by atoms with van der Waals surface area (Å²) in [5, 5.41) is 10.4. The summed E-state index contributed by atoms with van der Waals surface area (Å²) in [6.45, 7) is 4.36. The van der Waals surface area contributed by atoms with Gasteiger partial charge in [0.2, 0.25) is 0 Å². The molecule has 0 amide bonds. The number of ether oxygens (including phenoxy) is 3. The minimum atomic E-state index is 0.224. The van der Waals surface area contributed by atoms with Crippen molar-refractivity contribution < 1.29 is 19.3 Å². The molecular weight excluding hydrogens is 270 g/mol. The smallest absolute Gasteiger partial charge is 0.141 e. The van der Waals surface area contributed by atoms with Crippen LogP contribution in [0, 0.1) is 6.92 Å². The number of rotatable bonds is 6. The first-order valence-corrected chi connectivity index (χ1v) is 7.60. The average Bonchev–Trinajstić information content (AvgIpc) is 3.31. The lowest BCUT2D eigenvalue weighted by Gasteiger charge is -2.20. The number of nitrogen functional groups attached to an aromatic ring is 1. The van der Waals surface area contributed by atoms with E-state index in [1.54, 1.807) is 0 Å². The molecule has 5 heteroatoms. The minimum absolute atomic E-state index is 0.224. The van der Waals surface area contributed by atoms with Gasteiger partial charge in [0.25, 0.3) is 0 Å². The number of phenols is 1.